The van der Waals surface area contributed by atoms with Gasteiger partial charge in [0.05, 0.1) is 4.47 Å². The van der Waals surface area contributed by atoms with E-state index in [0.717, 1.165) is 25.2 Å². The molecule has 1 aromatic rings. The Bertz CT molecular complexity index is 500. The first-order chi connectivity index (χ1) is 10.1. The number of anilines is 1. The van der Waals surface area contributed by atoms with E-state index in [2.05, 4.69) is 33.1 Å². The quantitative estimate of drug-likeness (QED) is 0.842. The van der Waals surface area contributed by atoms with Gasteiger partial charge in [0.25, 0.3) is 0 Å². The minimum atomic E-state index is -0.186. The fourth-order valence-corrected chi connectivity index (χ4v) is 4.22. The van der Waals surface area contributed by atoms with Gasteiger partial charge in [-0.15, -0.1) is 0 Å². The van der Waals surface area contributed by atoms with Gasteiger partial charge in [0.2, 0.25) is 0 Å². The summed E-state index contributed by atoms with van der Waals surface area (Å²) >= 11 is 3.32. The molecule has 0 aromatic heterocycles. The van der Waals surface area contributed by atoms with Gasteiger partial charge in [0.1, 0.15) is 5.82 Å². The summed E-state index contributed by atoms with van der Waals surface area (Å²) < 4.78 is 14.1. The van der Waals surface area contributed by atoms with Crippen LogP contribution < -0.4 is 10.2 Å². The highest BCUT2D eigenvalue weighted by Gasteiger charge is 2.39. The Kier molecular flexibility index (Phi) is 4.55. The van der Waals surface area contributed by atoms with Crippen molar-refractivity contribution in [2.24, 2.45) is 0 Å². The standard InChI is InChI=1S/C17H24BrFN2/c1-2-13-11-20-17(8-4-3-5-9-17)12-21(13)14-6-7-16(19)15(18)10-14/h6-7,10,13,20H,2-5,8-9,11-12H2,1H3. The normalized spacial score (nSPS) is 25.3. The van der Waals surface area contributed by atoms with Crippen LogP contribution in [0.1, 0.15) is 45.4 Å². The Morgan fingerprint density at radius 2 is 2.10 bits per heavy atom. The smallest absolute Gasteiger partial charge is 0.137 e. The maximum atomic E-state index is 13.5. The van der Waals surface area contributed by atoms with E-state index in [-0.39, 0.29) is 11.4 Å². The third-order valence-corrected chi connectivity index (χ3v) is 5.75. The molecule has 1 aliphatic carbocycles. The average molecular weight is 355 g/mol. The minimum absolute atomic E-state index is 0.186. The molecule has 2 aliphatic rings. The Hall–Kier alpha value is -0.610. The van der Waals surface area contributed by atoms with Crippen LogP contribution in [0.4, 0.5) is 10.1 Å². The highest BCUT2D eigenvalue weighted by atomic mass is 79.9. The molecule has 1 saturated heterocycles. The number of nitrogens with zero attached hydrogens (tertiary/aromatic N) is 1. The lowest BCUT2D eigenvalue weighted by atomic mass is 9.79. The molecule has 1 aliphatic heterocycles. The molecule has 1 N–H and O–H groups in total. The van der Waals surface area contributed by atoms with Gasteiger partial charge >= 0.3 is 0 Å². The number of piperazine rings is 1. The molecule has 0 radical (unpaired) electrons. The third kappa shape index (κ3) is 3.11. The summed E-state index contributed by atoms with van der Waals surface area (Å²) in [6, 6.07) is 5.92. The molecule has 1 saturated carbocycles. The molecular formula is C17H24BrFN2. The van der Waals surface area contributed by atoms with Crippen molar-refractivity contribution in [1.29, 1.82) is 0 Å². The summed E-state index contributed by atoms with van der Waals surface area (Å²) in [5.74, 6) is -0.186. The zero-order chi connectivity index (χ0) is 14.9. The predicted molar refractivity (Wildman–Crippen MR) is 89.3 cm³/mol. The summed E-state index contributed by atoms with van der Waals surface area (Å²) in [6.45, 7) is 4.31. The Labute approximate surface area is 135 Å². The van der Waals surface area contributed by atoms with Gasteiger partial charge in [-0.3, -0.25) is 0 Å². The fraction of sp³-hybridized carbons (Fsp3) is 0.647. The van der Waals surface area contributed by atoms with E-state index in [1.807, 2.05) is 12.1 Å². The maximum absolute atomic E-state index is 13.5. The molecule has 1 spiro atoms. The first kappa shape index (κ1) is 15.3. The average Bonchev–Trinajstić information content (AvgIpc) is 2.51. The predicted octanol–water partition coefficient (Wildman–Crippen LogP) is 4.48. The van der Waals surface area contributed by atoms with Gasteiger partial charge < -0.3 is 10.2 Å². The van der Waals surface area contributed by atoms with E-state index in [0.29, 0.717) is 10.5 Å². The first-order valence-corrected chi connectivity index (χ1v) is 8.89. The van der Waals surface area contributed by atoms with Gasteiger partial charge in [0, 0.05) is 30.4 Å². The zero-order valence-electron chi connectivity index (χ0n) is 12.7. The Morgan fingerprint density at radius 1 is 1.33 bits per heavy atom. The van der Waals surface area contributed by atoms with Crippen LogP contribution in [0.25, 0.3) is 0 Å². The van der Waals surface area contributed by atoms with E-state index in [9.17, 15) is 4.39 Å². The summed E-state index contributed by atoms with van der Waals surface area (Å²) in [7, 11) is 0. The molecule has 1 aromatic carbocycles. The van der Waals surface area contributed by atoms with Crippen molar-refractivity contribution >= 4 is 21.6 Å². The largest absolute Gasteiger partial charge is 0.365 e. The second kappa shape index (κ2) is 6.25. The number of hydrogen-bond donors (Lipinski definition) is 1. The van der Waals surface area contributed by atoms with Crippen molar-refractivity contribution in [3.05, 3.63) is 28.5 Å². The molecular weight excluding hydrogens is 331 g/mol. The third-order valence-electron chi connectivity index (χ3n) is 5.14. The lowest BCUT2D eigenvalue weighted by molar-refractivity contribution is 0.196. The number of rotatable bonds is 2. The number of hydrogen-bond acceptors (Lipinski definition) is 2. The SMILES string of the molecule is CCC1CNC2(CCCCC2)CN1c1ccc(F)c(Br)c1. The molecule has 1 heterocycles. The van der Waals surface area contributed by atoms with Gasteiger partial charge in [-0.2, -0.15) is 0 Å². The lowest BCUT2D eigenvalue weighted by Crippen LogP contribution is -2.65. The fourth-order valence-electron chi connectivity index (χ4n) is 3.85. The molecule has 116 valence electrons. The summed E-state index contributed by atoms with van der Waals surface area (Å²) in [4.78, 5) is 2.49. The van der Waals surface area contributed by atoms with Crippen LogP contribution in [0.3, 0.4) is 0 Å². The molecule has 3 rings (SSSR count). The van der Waals surface area contributed by atoms with Gasteiger partial charge in [-0.25, -0.2) is 4.39 Å². The van der Waals surface area contributed by atoms with Gasteiger partial charge in [-0.1, -0.05) is 26.2 Å². The van der Waals surface area contributed by atoms with Gasteiger partial charge in [-0.05, 0) is 53.4 Å². The molecule has 2 nitrogen and oxygen atoms in total. The van der Waals surface area contributed by atoms with Crippen LogP contribution in [-0.2, 0) is 0 Å². The van der Waals surface area contributed by atoms with Crippen LogP contribution in [0, 0.1) is 5.82 Å². The molecule has 0 amide bonds. The van der Waals surface area contributed by atoms with E-state index in [1.54, 1.807) is 6.07 Å². The Balaban J connectivity index is 1.86. The van der Waals surface area contributed by atoms with Crippen LogP contribution in [-0.4, -0.2) is 24.7 Å². The zero-order valence-corrected chi connectivity index (χ0v) is 14.3. The lowest BCUT2D eigenvalue weighted by Gasteiger charge is -2.50. The second-order valence-corrected chi connectivity index (χ2v) is 7.36. The molecule has 1 unspecified atom stereocenters. The van der Waals surface area contributed by atoms with Crippen LogP contribution >= 0.6 is 15.9 Å². The van der Waals surface area contributed by atoms with E-state index < -0.39 is 0 Å². The van der Waals surface area contributed by atoms with E-state index >= 15 is 0 Å². The van der Waals surface area contributed by atoms with Crippen molar-refractivity contribution in [2.45, 2.75) is 57.0 Å². The van der Waals surface area contributed by atoms with E-state index in [4.69, 9.17) is 0 Å². The van der Waals surface area contributed by atoms with Crippen molar-refractivity contribution in [2.75, 3.05) is 18.0 Å². The number of halogens is 2. The van der Waals surface area contributed by atoms with Crippen LogP contribution in [0.5, 0.6) is 0 Å². The summed E-state index contributed by atoms with van der Waals surface area (Å²) in [5, 5.41) is 3.83. The summed E-state index contributed by atoms with van der Waals surface area (Å²) in [6.07, 6.45) is 7.65. The van der Waals surface area contributed by atoms with Crippen LogP contribution in [0.15, 0.2) is 22.7 Å². The summed E-state index contributed by atoms with van der Waals surface area (Å²) in [5.41, 5.74) is 1.41. The molecule has 1 atom stereocenters. The van der Waals surface area contributed by atoms with Crippen molar-refractivity contribution in [1.82, 2.24) is 5.32 Å². The first-order valence-electron chi connectivity index (χ1n) is 8.10. The molecule has 2 fully saturated rings. The van der Waals surface area contributed by atoms with Crippen molar-refractivity contribution < 1.29 is 4.39 Å². The monoisotopic (exact) mass is 354 g/mol. The van der Waals surface area contributed by atoms with E-state index in [1.165, 1.54) is 32.1 Å². The highest BCUT2D eigenvalue weighted by molar-refractivity contribution is 9.10. The number of benzene rings is 1. The van der Waals surface area contributed by atoms with Crippen molar-refractivity contribution in [3.63, 3.8) is 0 Å². The van der Waals surface area contributed by atoms with Gasteiger partial charge in [0.15, 0.2) is 0 Å². The molecule has 0 bridgehead atoms. The number of nitrogens with one attached hydrogen (secondary N) is 1. The van der Waals surface area contributed by atoms with Crippen molar-refractivity contribution in [3.8, 4) is 0 Å². The second-order valence-electron chi connectivity index (χ2n) is 6.51. The molecule has 21 heavy (non-hydrogen) atoms. The van der Waals surface area contributed by atoms with Crippen LogP contribution in [0.2, 0.25) is 0 Å². The topological polar surface area (TPSA) is 15.3 Å². The maximum Gasteiger partial charge on any atom is 0.137 e. The minimum Gasteiger partial charge on any atom is -0.365 e. The molecule has 4 heteroatoms. The highest BCUT2D eigenvalue weighted by Crippen LogP contribution is 2.35. The Morgan fingerprint density at radius 3 is 2.76 bits per heavy atom.